The van der Waals surface area contributed by atoms with E-state index in [1.807, 2.05) is 0 Å². The van der Waals surface area contributed by atoms with Crippen molar-refractivity contribution >= 4 is 11.8 Å². The van der Waals surface area contributed by atoms with Gasteiger partial charge in [-0.3, -0.25) is 9.59 Å². The Labute approximate surface area is 87.6 Å². The standard InChI is InChI=1S/C11H12N2O2/c1-2-3-7-6-8(10(12)14)4-5-9(7)11(13)15/h2,4-6H,1,3H2,(H2,12,14)(H2,13,15). The second kappa shape index (κ2) is 4.41. The number of primary amides is 2. The summed E-state index contributed by atoms with van der Waals surface area (Å²) in [5.41, 5.74) is 11.7. The highest BCUT2D eigenvalue weighted by molar-refractivity contribution is 5.97. The van der Waals surface area contributed by atoms with Crippen molar-refractivity contribution in [2.75, 3.05) is 0 Å². The smallest absolute Gasteiger partial charge is 0.248 e. The van der Waals surface area contributed by atoms with Gasteiger partial charge < -0.3 is 11.5 Å². The van der Waals surface area contributed by atoms with Crippen LogP contribution in [0.1, 0.15) is 26.3 Å². The molecule has 0 atom stereocenters. The summed E-state index contributed by atoms with van der Waals surface area (Å²) in [6, 6.07) is 4.54. The summed E-state index contributed by atoms with van der Waals surface area (Å²) >= 11 is 0. The molecule has 1 rings (SSSR count). The molecule has 2 amide bonds. The van der Waals surface area contributed by atoms with Crippen LogP contribution < -0.4 is 11.5 Å². The molecule has 15 heavy (non-hydrogen) atoms. The lowest BCUT2D eigenvalue weighted by atomic mass is 10.0. The van der Waals surface area contributed by atoms with E-state index in [0.717, 1.165) is 0 Å². The molecular weight excluding hydrogens is 192 g/mol. The van der Waals surface area contributed by atoms with E-state index in [0.29, 0.717) is 23.1 Å². The zero-order valence-corrected chi connectivity index (χ0v) is 8.19. The average molecular weight is 204 g/mol. The molecular formula is C11H12N2O2. The van der Waals surface area contributed by atoms with Crippen molar-refractivity contribution in [3.05, 3.63) is 47.5 Å². The van der Waals surface area contributed by atoms with Gasteiger partial charge in [0.05, 0.1) is 0 Å². The minimum atomic E-state index is -0.531. The molecule has 0 bridgehead atoms. The van der Waals surface area contributed by atoms with Gasteiger partial charge in [0.1, 0.15) is 0 Å². The fourth-order valence-corrected chi connectivity index (χ4v) is 1.31. The number of carbonyl (C=O) groups is 2. The first-order valence-electron chi connectivity index (χ1n) is 4.39. The van der Waals surface area contributed by atoms with E-state index in [4.69, 9.17) is 11.5 Å². The van der Waals surface area contributed by atoms with Crippen LogP contribution in [0, 0.1) is 0 Å². The Morgan fingerprint density at radius 3 is 2.40 bits per heavy atom. The number of hydrogen-bond acceptors (Lipinski definition) is 2. The first kappa shape index (κ1) is 11.0. The van der Waals surface area contributed by atoms with E-state index in [-0.39, 0.29) is 0 Å². The minimum Gasteiger partial charge on any atom is -0.366 e. The van der Waals surface area contributed by atoms with Gasteiger partial charge in [0.25, 0.3) is 0 Å². The van der Waals surface area contributed by atoms with Gasteiger partial charge in [0.15, 0.2) is 0 Å². The fraction of sp³-hybridized carbons (Fsp3) is 0.0909. The fourth-order valence-electron chi connectivity index (χ4n) is 1.31. The lowest BCUT2D eigenvalue weighted by Gasteiger charge is -2.05. The van der Waals surface area contributed by atoms with Crippen LogP contribution in [0.2, 0.25) is 0 Å². The molecule has 0 aliphatic heterocycles. The van der Waals surface area contributed by atoms with E-state index < -0.39 is 11.8 Å². The Hall–Kier alpha value is -2.10. The van der Waals surface area contributed by atoms with Crippen LogP contribution in [-0.2, 0) is 6.42 Å². The van der Waals surface area contributed by atoms with Gasteiger partial charge in [-0.25, -0.2) is 0 Å². The van der Waals surface area contributed by atoms with Gasteiger partial charge in [0.2, 0.25) is 11.8 Å². The van der Waals surface area contributed by atoms with Crippen LogP contribution in [0.15, 0.2) is 30.9 Å². The highest BCUT2D eigenvalue weighted by Gasteiger charge is 2.09. The van der Waals surface area contributed by atoms with Crippen molar-refractivity contribution in [3.8, 4) is 0 Å². The second-order valence-corrected chi connectivity index (χ2v) is 3.09. The third kappa shape index (κ3) is 2.43. The van der Waals surface area contributed by atoms with Gasteiger partial charge in [-0.2, -0.15) is 0 Å². The number of nitrogens with two attached hydrogens (primary N) is 2. The number of benzene rings is 1. The van der Waals surface area contributed by atoms with Gasteiger partial charge >= 0.3 is 0 Å². The van der Waals surface area contributed by atoms with Crippen molar-refractivity contribution in [2.24, 2.45) is 11.5 Å². The van der Waals surface area contributed by atoms with E-state index >= 15 is 0 Å². The Bertz CT molecular complexity index is 425. The number of rotatable bonds is 4. The second-order valence-electron chi connectivity index (χ2n) is 3.09. The highest BCUT2D eigenvalue weighted by Crippen LogP contribution is 2.12. The Balaban J connectivity index is 3.25. The van der Waals surface area contributed by atoms with Crippen molar-refractivity contribution in [2.45, 2.75) is 6.42 Å². The molecule has 1 aromatic rings. The van der Waals surface area contributed by atoms with Gasteiger partial charge in [0, 0.05) is 11.1 Å². The molecule has 0 aliphatic rings. The molecule has 0 radical (unpaired) electrons. The highest BCUT2D eigenvalue weighted by atomic mass is 16.1. The molecule has 0 saturated heterocycles. The quantitative estimate of drug-likeness (QED) is 0.704. The lowest BCUT2D eigenvalue weighted by Crippen LogP contribution is -2.16. The maximum Gasteiger partial charge on any atom is 0.248 e. The summed E-state index contributed by atoms with van der Waals surface area (Å²) in [6.07, 6.45) is 2.10. The van der Waals surface area contributed by atoms with E-state index in [2.05, 4.69) is 6.58 Å². The molecule has 4 heteroatoms. The molecule has 4 N–H and O–H groups in total. The Kier molecular flexibility index (Phi) is 3.23. The summed E-state index contributed by atoms with van der Waals surface area (Å²) in [5.74, 6) is -1.06. The van der Waals surface area contributed by atoms with Gasteiger partial charge in [-0.15, -0.1) is 6.58 Å². The SMILES string of the molecule is C=CCc1cc(C(N)=O)ccc1C(N)=O. The summed E-state index contributed by atoms with van der Waals surface area (Å²) in [5, 5.41) is 0. The average Bonchev–Trinajstić information content (AvgIpc) is 2.17. The normalized spacial score (nSPS) is 9.60. The third-order valence-electron chi connectivity index (χ3n) is 2.02. The van der Waals surface area contributed by atoms with Crippen LogP contribution in [0.5, 0.6) is 0 Å². The van der Waals surface area contributed by atoms with Crippen molar-refractivity contribution < 1.29 is 9.59 Å². The molecule has 1 aromatic carbocycles. The van der Waals surface area contributed by atoms with Crippen LogP contribution in [-0.4, -0.2) is 11.8 Å². The van der Waals surface area contributed by atoms with Crippen LogP contribution in [0.4, 0.5) is 0 Å². The third-order valence-corrected chi connectivity index (χ3v) is 2.02. The number of hydrogen-bond donors (Lipinski definition) is 2. The molecule has 78 valence electrons. The van der Waals surface area contributed by atoms with E-state index in [1.54, 1.807) is 12.1 Å². The van der Waals surface area contributed by atoms with Gasteiger partial charge in [-0.05, 0) is 30.2 Å². The predicted molar refractivity (Wildman–Crippen MR) is 57.4 cm³/mol. The first-order chi connectivity index (χ1) is 7.06. The molecule has 0 aliphatic carbocycles. The molecule has 0 fully saturated rings. The zero-order chi connectivity index (χ0) is 11.4. The monoisotopic (exact) mass is 204 g/mol. The minimum absolute atomic E-state index is 0.358. The summed E-state index contributed by atoms with van der Waals surface area (Å²) in [7, 11) is 0. The number of carbonyl (C=O) groups excluding carboxylic acids is 2. The molecule has 0 unspecified atom stereocenters. The molecule has 4 nitrogen and oxygen atoms in total. The maximum atomic E-state index is 11.0. The zero-order valence-electron chi connectivity index (χ0n) is 8.19. The van der Waals surface area contributed by atoms with Crippen LogP contribution in [0.3, 0.4) is 0 Å². The summed E-state index contributed by atoms with van der Waals surface area (Å²) in [6.45, 7) is 3.56. The molecule has 0 heterocycles. The molecule has 0 aromatic heterocycles. The largest absolute Gasteiger partial charge is 0.366 e. The topological polar surface area (TPSA) is 86.2 Å². The molecule has 0 saturated carbocycles. The predicted octanol–water partition coefficient (Wildman–Crippen LogP) is 0.613. The number of allylic oxidation sites excluding steroid dienone is 1. The van der Waals surface area contributed by atoms with Crippen molar-refractivity contribution in [3.63, 3.8) is 0 Å². The van der Waals surface area contributed by atoms with Crippen molar-refractivity contribution in [1.82, 2.24) is 0 Å². The molecule has 0 spiro atoms. The van der Waals surface area contributed by atoms with E-state index in [1.165, 1.54) is 12.1 Å². The van der Waals surface area contributed by atoms with Gasteiger partial charge in [-0.1, -0.05) is 6.08 Å². The van der Waals surface area contributed by atoms with E-state index in [9.17, 15) is 9.59 Å². The van der Waals surface area contributed by atoms with Crippen molar-refractivity contribution in [1.29, 1.82) is 0 Å². The van der Waals surface area contributed by atoms with Crippen LogP contribution >= 0.6 is 0 Å². The van der Waals surface area contributed by atoms with Crippen LogP contribution in [0.25, 0.3) is 0 Å². The summed E-state index contributed by atoms with van der Waals surface area (Å²) < 4.78 is 0. The first-order valence-corrected chi connectivity index (χ1v) is 4.39. The Morgan fingerprint density at radius 1 is 1.27 bits per heavy atom. The Morgan fingerprint density at radius 2 is 1.93 bits per heavy atom. The number of amides is 2. The lowest BCUT2D eigenvalue weighted by molar-refractivity contribution is 0.0987. The maximum absolute atomic E-state index is 11.0. The summed E-state index contributed by atoms with van der Waals surface area (Å²) in [4.78, 5) is 22.0.